The van der Waals surface area contributed by atoms with Crippen LogP contribution in [0.5, 0.6) is 5.75 Å². The largest absolute Gasteiger partial charge is 0.495 e. The van der Waals surface area contributed by atoms with Crippen LogP contribution in [0.2, 0.25) is 0 Å². The summed E-state index contributed by atoms with van der Waals surface area (Å²) in [5.41, 5.74) is 0.988. The van der Waals surface area contributed by atoms with Crippen LogP contribution < -0.4 is 15.4 Å². The number of pyridine rings is 1. The Kier molecular flexibility index (Phi) is 5.49. The van der Waals surface area contributed by atoms with Crippen LogP contribution in [-0.2, 0) is 6.18 Å². The summed E-state index contributed by atoms with van der Waals surface area (Å²) in [6.07, 6.45) is -2.95. The highest BCUT2D eigenvalue weighted by Gasteiger charge is 2.29. The number of para-hydroxylation sites is 2. The number of aromatic nitrogens is 1. The van der Waals surface area contributed by atoms with Gasteiger partial charge in [-0.2, -0.15) is 13.2 Å². The molecule has 28 heavy (non-hydrogen) atoms. The minimum atomic E-state index is -4.38. The van der Waals surface area contributed by atoms with Crippen LogP contribution in [-0.4, -0.2) is 18.0 Å². The van der Waals surface area contributed by atoms with E-state index in [9.17, 15) is 18.0 Å². The first kappa shape index (κ1) is 19.2. The average Bonchev–Trinajstić information content (AvgIpc) is 2.68. The Labute approximate surface area is 159 Å². The number of benzene rings is 2. The van der Waals surface area contributed by atoms with Crippen LogP contribution in [0, 0.1) is 0 Å². The average molecular weight is 387 g/mol. The van der Waals surface area contributed by atoms with Crippen molar-refractivity contribution in [1.29, 1.82) is 0 Å². The number of amides is 1. The SMILES string of the molecule is COc1ccccc1NC(=O)c1ccc(Nc2ccc(C(F)(F)F)cc2)cn1. The zero-order chi connectivity index (χ0) is 20.1. The topological polar surface area (TPSA) is 63.2 Å². The first-order valence-electron chi connectivity index (χ1n) is 8.21. The number of methoxy groups -OCH3 is 1. The molecule has 1 aromatic heterocycles. The number of nitrogens with one attached hydrogen (secondary N) is 2. The van der Waals surface area contributed by atoms with Gasteiger partial charge in [0.1, 0.15) is 11.4 Å². The minimum absolute atomic E-state index is 0.184. The summed E-state index contributed by atoms with van der Waals surface area (Å²) < 4.78 is 43.0. The van der Waals surface area contributed by atoms with E-state index in [1.165, 1.54) is 31.5 Å². The lowest BCUT2D eigenvalue weighted by molar-refractivity contribution is -0.137. The van der Waals surface area contributed by atoms with Crippen LogP contribution in [0.3, 0.4) is 0 Å². The quantitative estimate of drug-likeness (QED) is 0.639. The molecule has 0 aliphatic carbocycles. The van der Waals surface area contributed by atoms with Gasteiger partial charge in [0.2, 0.25) is 0 Å². The Balaban J connectivity index is 1.67. The van der Waals surface area contributed by atoms with E-state index in [1.54, 1.807) is 30.3 Å². The molecule has 0 aliphatic heterocycles. The van der Waals surface area contributed by atoms with Crippen molar-refractivity contribution in [2.75, 3.05) is 17.7 Å². The standard InChI is InChI=1S/C20H16F3N3O2/c1-28-18-5-3-2-4-16(18)26-19(27)17-11-10-15(12-24-17)25-14-8-6-13(7-9-14)20(21,22)23/h2-12,25H,1H3,(H,26,27). The number of nitrogens with zero attached hydrogens (tertiary/aromatic N) is 1. The predicted molar refractivity (Wildman–Crippen MR) is 99.9 cm³/mol. The molecule has 0 saturated carbocycles. The lowest BCUT2D eigenvalue weighted by atomic mass is 10.2. The molecule has 5 nitrogen and oxygen atoms in total. The predicted octanol–water partition coefficient (Wildman–Crippen LogP) is 5.10. The molecule has 0 radical (unpaired) electrons. The van der Waals surface area contributed by atoms with Crippen LogP contribution in [0.25, 0.3) is 0 Å². The van der Waals surface area contributed by atoms with Gasteiger partial charge in [-0.15, -0.1) is 0 Å². The third-order valence-corrected chi connectivity index (χ3v) is 3.85. The second-order valence-corrected chi connectivity index (χ2v) is 5.79. The Morgan fingerprint density at radius 1 is 0.964 bits per heavy atom. The van der Waals surface area contributed by atoms with E-state index in [0.29, 0.717) is 22.8 Å². The van der Waals surface area contributed by atoms with Crippen LogP contribution >= 0.6 is 0 Å². The molecule has 3 rings (SSSR count). The highest BCUT2D eigenvalue weighted by Crippen LogP contribution is 2.30. The molecule has 0 spiro atoms. The van der Waals surface area contributed by atoms with Crippen molar-refractivity contribution in [3.8, 4) is 5.75 Å². The molecule has 8 heteroatoms. The molecule has 0 fully saturated rings. The fraction of sp³-hybridized carbons (Fsp3) is 0.100. The van der Waals surface area contributed by atoms with Crippen LogP contribution in [0.15, 0.2) is 66.9 Å². The summed E-state index contributed by atoms with van der Waals surface area (Å²) in [5.74, 6) is 0.113. The maximum atomic E-state index is 12.6. The highest BCUT2D eigenvalue weighted by molar-refractivity contribution is 6.03. The summed E-state index contributed by atoms with van der Waals surface area (Å²) in [6.45, 7) is 0. The number of hydrogen-bond donors (Lipinski definition) is 2. The van der Waals surface area contributed by atoms with Gasteiger partial charge in [0, 0.05) is 5.69 Å². The van der Waals surface area contributed by atoms with E-state index in [0.717, 1.165) is 12.1 Å². The van der Waals surface area contributed by atoms with Crippen LogP contribution in [0.1, 0.15) is 16.1 Å². The van der Waals surface area contributed by atoms with Gasteiger partial charge in [-0.25, -0.2) is 4.98 Å². The summed E-state index contributed by atoms with van der Waals surface area (Å²) in [6, 6.07) is 14.7. The van der Waals surface area contributed by atoms with Crippen molar-refractivity contribution >= 4 is 23.0 Å². The lowest BCUT2D eigenvalue weighted by Gasteiger charge is -2.11. The Bertz CT molecular complexity index is 956. The van der Waals surface area contributed by atoms with Crippen molar-refractivity contribution in [3.05, 3.63) is 78.1 Å². The number of anilines is 3. The molecular formula is C20H16F3N3O2. The fourth-order valence-corrected chi connectivity index (χ4v) is 2.45. The zero-order valence-electron chi connectivity index (χ0n) is 14.7. The summed E-state index contributed by atoms with van der Waals surface area (Å²) in [5, 5.41) is 5.65. The molecule has 2 aromatic carbocycles. The molecule has 0 aliphatic rings. The first-order chi connectivity index (χ1) is 13.4. The number of ether oxygens (including phenoxy) is 1. The number of rotatable bonds is 5. The van der Waals surface area contributed by atoms with Crippen molar-refractivity contribution in [3.63, 3.8) is 0 Å². The number of hydrogen-bond acceptors (Lipinski definition) is 4. The Morgan fingerprint density at radius 2 is 1.64 bits per heavy atom. The third kappa shape index (κ3) is 4.59. The molecule has 0 bridgehead atoms. The van der Waals surface area contributed by atoms with Gasteiger partial charge in [-0.05, 0) is 48.5 Å². The smallest absolute Gasteiger partial charge is 0.416 e. The van der Waals surface area contributed by atoms with Gasteiger partial charge in [0.05, 0.1) is 30.2 Å². The lowest BCUT2D eigenvalue weighted by Crippen LogP contribution is -2.14. The third-order valence-electron chi connectivity index (χ3n) is 3.85. The first-order valence-corrected chi connectivity index (χ1v) is 8.21. The molecule has 0 unspecified atom stereocenters. The minimum Gasteiger partial charge on any atom is -0.495 e. The monoisotopic (exact) mass is 387 g/mol. The molecule has 1 heterocycles. The van der Waals surface area contributed by atoms with Gasteiger partial charge < -0.3 is 15.4 Å². The molecular weight excluding hydrogens is 371 g/mol. The molecule has 2 N–H and O–H groups in total. The van der Waals surface area contributed by atoms with E-state index >= 15 is 0 Å². The summed E-state index contributed by atoms with van der Waals surface area (Å²) in [7, 11) is 1.50. The number of halogens is 3. The molecule has 3 aromatic rings. The van der Waals surface area contributed by atoms with Gasteiger partial charge in [-0.3, -0.25) is 4.79 Å². The van der Waals surface area contributed by atoms with Gasteiger partial charge in [-0.1, -0.05) is 12.1 Å². The zero-order valence-corrected chi connectivity index (χ0v) is 14.7. The van der Waals surface area contributed by atoms with E-state index in [4.69, 9.17) is 4.74 Å². The van der Waals surface area contributed by atoms with Gasteiger partial charge >= 0.3 is 6.18 Å². The van der Waals surface area contributed by atoms with Crippen LogP contribution in [0.4, 0.5) is 30.2 Å². The molecule has 0 saturated heterocycles. The summed E-state index contributed by atoms with van der Waals surface area (Å²) in [4.78, 5) is 16.4. The van der Waals surface area contributed by atoms with Crippen molar-refractivity contribution < 1.29 is 22.7 Å². The Hall–Kier alpha value is -3.55. The normalized spacial score (nSPS) is 11.0. The van der Waals surface area contributed by atoms with Crippen molar-refractivity contribution in [2.45, 2.75) is 6.18 Å². The molecule has 1 amide bonds. The van der Waals surface area contributed by atoms with Gasteiger partial charge in [0.25, 0.3) is 5.91 Å². The molecule has 0 atom stereocenters. The number of alkyl halides is 3. The fourth-order valence-electron chi connectivity index (χ4n) is 2.45. The number of carbonyl (C=O) groups excluding carboxylic acids is 1. The Morgan fingerprint density at radius 3 is 2.25 bits per heavy atom. The van der Waals surface area contributed by atoms with E-state index in [-0.39, 0.29) is 5.69 Å². The van der Waals surface area contributed by atoms with E-state index in [2.05, 4.69) is 15.6 Å². The summed E-state index contributed by atoms with van der Waals surface area (Å²) >= 11 is 0. The second kappa shape index (κ2) is 7.99. The van der Waals surface area contributed by atoms with E-state index < -0.39 is 17.6 Å². The maximum absolute atomic E-state index is 12.6. The van der Waals surface area contributed by atoms with Gasteiger partial charge in [0.15, 0.2) is 0 Å². The van der Waals surface area contributed by atoms with Crippen molar-refractivity contribution in [1.82, 2.24) is 4.98 Å². The highest BCUT2D eigenvalue weighted by atomic mass is 19.4. The maximum Gasteiger partial charge on any atom is 0.416 e. The second-order valence-electron chi connectivity index (χ2n) is 5.79. The van der Waals surface area contributed by atoms with E-state index in [1.807, 2.05) is 0 Å². The number of carbonyl (C=O) groups is 1. The van der Waals surface area contributed by atoms with Crippen molar-refractivity contribution in [2.24, 2.45) is 0 Å². The molecule has 144 valence electrons.